The standard InChI is InChI=1S/C20H23N3OS2/c1-12(2)18-21-13(3)17(26-18)20(24)23-10-8-14(9-11-23)19-22-15-6-4-5-7-16(15)25-19/h4-7,12,14H,8-11H2,1-3H3. The topological polar surface area (TPSA) is 46.1 Å². The summed E-state index contributed by atoms with van der Waals surface area (Å²) in [4.78, 5) is 25.1. The van der Waals surface area contributed by atoms with Gasteiger partial charge in [0.2, 0.25) is 0 Å². The van der Waals surface area contributed by atoms with Crippen molar-refractivity contribution in [2.45, 2.75) is 45.4 Å². The maximum absolute atomic E-state index is 12.9. The average molecular weight is 386 g/mol. The molecule has 2 aromatic heterocycles. The van der Waals surface area contributed by atoms with E-state index >= 15 is 0 Å². The zero-order chi connectivity index (χ0) is 18.3. The van der Waals surface area contributed by atoms with Crippen molar-refractivity contribution < 1.29 is 4.79 Å². The Balaban J connectivity index is 1.45. The second kappa shape index (κ2) is 7.08. The van der Waals surface area contributed by atoms with Gasteiger partial charge in [0, 0.05) is 24.9 Å². The summed E-state index contributed by atoms with van der Waals surface area (Å²) in [5.41, 5.74) is 1.96. The van der Waals surface area contributed by atoms with Crippen molar-refractivity contribution in [2.75, 3.05) is 13.1 Å². The molecule has 4 rings (SSSR count). The summed E-state index contributed by atoms with van der Waals surface area (Å²) in [7, 11) is 0. The Morgan fingerprint density at radius 3 is 2.54 bits per heavy atom. The smallest absolute Gasteiger partial charge is 0.265 e. The fraction of sp³-hybridized carbons (Fsp3) is 0.450. The monoisotopic (exact) mass is 385 g/mol. The first kappa shape index (κ1) is 17.6. The predicted octanol–water partition coefficient (Wildman–Crippen LogP) is 5.20. The number of piperidine rings is 1. The van der Waals surface area contributed by atoms with Crippen LogP contribution in [0.25, 0.3) is 10.2 Å². The number of thiazole rings is 2. The van der Waals surface area contributed by atoms with Crippen molar-refractivity contribution >= 4 is 38.8 Å². The third-order valence-electron chi connectivity index (χ3n) is 4.94. The van der Waals surface area contributed by atoms with Gasteiger partial charge in [0.25, 0.3) is 5.91 Å². The molecule has 136 valence electrons. The maximum atomic E-state index is 12.9. The van der Waals surface area contributed by atoms with E-state index in [0.717, 1.165) is 47.0 Å². The summed E-state index contributed by atoms with van der Waals surface area (Å²) < 4.78 is 1.25. The maximum Gasteiger partial charge on any atom is 0.265 e. The molecule has 0 atom stereocenters. The lowest BCUT2D eigenvalue weighted by Crippen LogP contribution is -2.37. The molecule has 1 aliphatic heterocycles. The molecule has 0 radical (unpaired) electrons. The van der Waals surface area contributed by atoms with Crippen LogP contribution >= 0.6 is 22.7 Å². The number of carbonyl (C=O) groups is 1. The number of aromatic nitrogens is 2. The summed E-state index contributed by atoms with van der Waals surface area (Å²) in [5, 5.41) is 2.27. The number of carbonyl (C=O) groups excluding carboxylic acids is 1. The van der Waals surface area contributed by atoms with Crippen LogP contribution in [-0.2, 0) is 0 Å². The minimum absolute atomic E-state index is 0.148. The van der Waals surface area contributed by atoms with E-state index < -0.39 is 0 Å². The molecule has 0 unspecified atom stereocenters. The first-order valence-electron chi connectivity index (χ1n) is 9.15. The highest BCUT2D eigenvalue weighted by atomic mass is 32.1. The van der Waals surface area contributed by atoms with Gasteiger partial charge in [-0.15, -0.1) is 22.7 Å². The van der Waals surface area contributed by atoms with Crippen LogP contribution in [0.2, 0.25) is 0 Å². The van der Waals surface area contributed by atoms with Crippen LogP contribution in [0, 0.1) is 6.92 Å². The Morgan fingerprint density at radius 2 is 1.88 bits per heavy atom. The van der Waals surface area contributed by atoms with Crippen molar-refractivity contribution in [1.82, 2.24) is 14.9 Å². The van der Waals surface area contributed by atoms with E-state index in [2.05, 4.69) is 37.0 Å². The highest BCUT2D eigenvalue weighted by Crippen LogP contribution is 2.34. The van der Waals surface area contributed by atoms with Crippen molar-refractivity contribution in [1.29, 1.82) is 0 Å². The Kier molecular flexibility index (Phi) is 4.80. The molecule has 3 heterocycles. The number of nitrogens with zero attached hydrogens (tertiary/aromatic N) is 3. The molecule has 0 saturated carbocycles. The Bertz CT molecular complexity index is 903. The van der Waals surface area contributed by atoms with E-state index in [1.165, 1.54) is 9.71 Å². The van der Waals surface area contributed by atoms with E-state index in [9.17, 15) is 4.79 Å². The number of amides is 1. The SMILES string of the molecule is Cc1nc(C(C)C)sc1C(=O)N1CCC(c2nc3ccccc3s2)CC1. The first-order valence-corrected chi connectivity index (χ1v) is 10.8. The molecular weight excluding hydrogens is 362 g/mol. The third-order valence-corrected chi connectivity index (χ3v) is 7.59. The fourth-order valence-electron chi connectivity index (χ4n) is 3.40. The number of fused-ring (bicyclic) bond motifs is 1. The highest BCUT2D eigenvalue weighted by Gasteiger charge is 2.28. The quantitative estimate of drug-likeness (QED) is 0.622. The van der Waals surface area contributed by atoms with E-state index in [4.69, 9.17) is 4.98 Å². The van der Waals surface area contributed by atoms with Gasteiger partial charge in [-0.1, -0.05) is 26.0 Å². The summed E-state index contributed by atoms with van der Waals surface area (Å²) in [6.45, 7) is 7.79. The van der Waals surface area contributed by atoms with Gasteiger partial charge in [-0.3, -0.25) is 4.79 Å². The summed E-state index contributed by atoms with van der Waals surface area (Å²) in [5.74, 6) is 0.977. The lowest BCUT2D eigenvalue weighted by molar-refractivity contribution is 0.0717. The molecule has 1 aromatic carbocycles. The minimum atomic E-state index is 0.148. The van der Waals surface area contributed by atoms with Crippen LogP contribution in [0.5, 0.6) is 0 Å². The molecule has 26 heavy (non-hydrogen) atoms. The number of para-hydroxylation sites is 1. The first-order chi connectivity index (χ1) is 12.5. The van der Waals surface area contributed by atoms with Crippen molar-refractivity contribution in [2.24, 2.45) is 0 Å². The summed E-state index contributed by atoms with van der Waals surface area (Å²) in [6.07, 6.45) is 1.97. The van der Waals surface area contributed by atoms with Crippen LogP contribution in [0.3, 0.4) is 0 Å². The average Bonchev–Trinajstić information content (AvgIpc) is 3.25. The van der Waals surface area contributed by atoms with Crippen LogP contribution < -0.4 is 0 Å². The van der Waals surface area contributed by atoms with Crippen molar-refractivity contribution in [3.63, 3.8) is 0 Å². The molecule has 4 nitrogen and oxygen atoms in total. The molecule has 3 aromatic rings. The molecule has 1 amide bonds. The highest BCUT2D eigenvalue weighted by molar-refractivity contribution is 7.18. The van der Waals surface area contributed by atoms with Gasteiger partial charge in [-0.05, 0) is 31.9 Å². The number of hydrogen-bond acceptors (Lipinski definition) is 5. The summed E-state index contributed by atoms with van der Waals surface area (Å²) >= 11 is 3.35. The van der Waals surface area contributed by atoms with Gasteiger partial charge in [0.1, 0.15) is 4.88 Å². The molecular formula is C20H23N3OS2. The Labute approximate surface area is 161 Å². The summed E-state index contributed by atoms with van der Waals surface area (Å²) in [6, 6.07) is 8.31. The van der Waals surface area contributed by atoms with Gasteiger partial charge >= 0.3 is 0 Å². The van der Waals surface area contributed by atoms with Gasteiger partial charge in [-0.2, -0.15) is 0 Å². The molecule has 1 aliphatic rings. The number of likely N-dealkylation sites (tertiary alicyclic amines) is 1. The fourth-order valence-corrected chi connectivity index (χ4v) is 5.57. The zero-order valence-corrected chi connectivity index (χ0v) is 17.0. The van der Waals surface area contributed by atoms with Gasteiger partial charge < -0.3 is 4.90 Å². The Hall–Kier alpha value is -1.79. The number of hydrogen-bond donors (Lipinski definition) is 0. The molecule has 0 aliphatic carbocycles. The molecule has 6 heteroatoms. The van der Waals surface area contributed by atoms with Crippen LogP contribution in [0.4, 0.5) is 0 Å². The number of rotatable bonds is 3. The third kappa shape index (κ3) is 3.28. The van der Waals surface area contributed by atoms with Gasteiger partial charge in [-0.25, -0.2) is 9.97 Å². The second-order valence-electron chi connectivity index (χ2n) is 7.21. The normalized spacial score (nSPS) is 15.9. The number of aryl methyl sites for hydroxylation is 1. The largest absolute Gasteiger partial charge is 0.338 e. The molecule has 1 fully saturated rings. The number of benzene rings is 1. The van der Waals surface area contributed by atoms with E-state index in [1.807, 2.05) is 17.9 Å². The van der Waals surface area contributed by atoms with Crippen molar-refractivity contribution in [3.05, 3.63) is 44.9 Å². The predicted molar refractivity (Wildman–Crippen MR) is 108 cm³/mol. The second-order valence-corrected chi connectivity index (χ2v) is 9.30. The van der Waals surface area contributed by atoms with E-state index in [-0.39, 0.29) is 5.91 Å². The molecule has 0 spiro atoms. The van der Waals surface area contributed by atoms with Crippen molar-refractivity contribution in [3.8, 4) is 0 Å². The van der Waals surface area contributed by atoms with Crippen LogP contribution in [0.1, 0.15) is 63.9 Å². The lowest BCUT2D eigenvalue weighted by Gasteiger charge is -2.30. The molecule has 0 bridgehead atoms. The lowest BCUT2D eigenvalue weighted by atomic mass is 9.97. The zero-order valence-electron chi connectivity index (χ0n) is 15.4. The van der Waals surface area contributed by atoms with E-state index in [1.54, 1.807) is 22.7 Å². The van der Waals surface area contributed by atoms with Gasteiger partial charge in [0.15, 0.2) is 0 Å². The van der Waals surface area contributed by atoms with Crippen LogP contribution in [0.15, 0.2) is 24.3 Å². The van der Waals surface area contributed by atoms with Crippen LogP contribution in [-0.4, -0.2) is 33.9 Å². The molecule has 0 N–H and O–H groups in total. The Morgan fingerprint density at radius 1 is 1.15 bits per heavy atom. The van der Waals surface area contributed by atoms with Gasteiger partial charge in [0.05, 0.1) is 25.9 Å². The van der Waals surface area contributed by atoms with E-state index in [0.29, 0.717) is 11.8 Å². The molecule has 1 saturated heterocycles. The minimum Gasteiger partial charge on any atom is -0.338 e.